The van der Waals surface area contributed by atoms with Crippen LogP contribution in [0.2, 0.25) is 0 Å². The minimum absolute atomic E-state index is 0.185. The van der Waals surface area contributed by atoms with E-state index in [0.29, 0.717) is 32.9 Å². The number of hydrogen-bond donors (Lipinski definition) is 1. The van der Waals surface area contributed by atoms with Crippen LogP contribution in [0.3, 0.4) is 0 Å². The highest BCUT2D eigenvalue weighted by molar-refractivity contribution is 9.10. The van der Waals surface area contributed by atoms with Gasteiger partial charge in [-0.05, 0) is 47.5 Å². The van der Waals surface area contributed by atoms with Gasteiger partial charge in [-0.25, -0.2) is 4.98 Å². The molecule has 2 heterocycles. The average molecular weight is 422 g/mol. The number of nitrogens with zero attached hydrogens (tertiary/aromatic N) is 2. The van der Waals surface area contributed by atoms with Gasteiger partial charge in [-0.15, -0.1) is 11.3 Å². The number of amides is 1. The topological polar surface area (TPSA) is 72.7 Å². The fraction of sp³-hybridized carbons (Fsp3) is 0.235. The van der Waals surface area contributed by atoms with Gasteiger partial charge < -0.3 is 10.1 Å². The van der Waals surface area contributed by atoms with Gasteiger partial charge in [0.15, 0.2) is 4.96 Å². The van der Waals surface area contributed by atoms with Crippen LogP contribution in [0.5, 0.6) is 5.75 Å². The Kier molecular flexibility index (Phi) is 4.91. The number of carbonyl (C=O) groups excluding carboxylic acids is 1. The molecule has 0 saturated carbocycles. The summed E-state index contributed by atoms with van der Waals surface area (Å²) < 4.78 is 7.32. The van der Waals surface area contributed by atoms with Crippen LogP contribution < -0.4 is 15.6 Å². The zero-order valence-electron chi connectivity index (χ0n) is 13.9. The predicted octanol–water partition coefficient (Wildman–Crippen LogP) is 3.65. The van der Waals surface area contributed by atoms with E-state index in [-0.39, 0.29) is 11.2 Å². The fourth-order valence-corrected chi connectivity index (χ4v) is 3.92. The van der Waals surface area contributed by atoms with Crippen LogP contribution >= 0.6 is 27.3 Å². The Hall–Kier alpha value is -2.19. The first kappa shape index (κ1) is 17.6. The molecule has 0 aliphatic rings. The lowest BCUT2D eigenvalue weighted by Gasteiger charge is -2.10. The molecule has 0 aliphatic heterocycles. The van der Waals surface area contributed by atoms with Crippen LogP contribution in [0.4, 0.5) is 5.69 Å². The number of rotatable bonds is 4. The second-order valence-corrected chi connectivity index (χ2v) is 7.07. The van der Waals surface area contributed by atoms with Crippen molar-refractivity contribution in [2.45, 2.75) is 20.3 Å². The number of ether oxygens (including phenoxy) is 1. The molecule has 3 aromatic rings. The smallest absolute Gasteiger partial charge is 0.282 e. The van der Waals surface area contributed by atoms with E-state index in [9.17, 15) is 9.59 Å². The number of halogens is 1. The number of thiazole rings is 1. The minimum Gasteiger partial charge on any atom is -0.497 e. The van der Waals surface area contributed by atoms with Crippen molar-refractivity contribution in [3.05, 3.63) is 55.4 Å². The monoisotopic (exact) mass is 421 g/mol. The van der Waals surface area contributed by atoms with Crippen molar-refractivity contribution in [1.82, 2.24) is 9.38 Å². The summed E-state index contributed by atoms with van der Waals surface area (Å²) in [7, 11) is 1.53. The van der Waals surface area contributed by atoms with E-state index in [4.69, 9.17) is 4.74 Å². The number of aromatic nitrogens is 2. The van der Waals surface area contributed by atoms with Gasteiger partial charge in [-0.3, -0.25) is 14.0 Å². The maximum Gasteiger partial charge on any atom is 0.282 e. The molecule has 25 heavy (non-hydrogen) atoms. The molecule has 0 bridgehead atoms. The van der Waals surface area contributed by atoms with Crippen molar-refractivity contribution in [3.63, 3.8) is 0 Å². The molecule has 3 rings (SSSR count). The van der Waals surface area contributed by atoms with Crippen LogP contribution in [-0.4, -0.2) is 22.4 Å². The first-order valence-corrected chi connectivity index (χ1v) is 9.28. The third-order valence-electron chi connectivity index (χ3n) is 3.84. The van der Waals surface area contributed by atoms with E-state index < -0.39 is 5.91 Å². The van der Waals surface area contributed by atoms with Crippen molar-refractivity contribution >= 4 is 43.8 Å². The first-order chi connectivity index (χ1) is 12.0. The van der Waals surface area contributed by atoms with Crippen LogP contribution in [-0.2, 0) is 6.42 Å². The minimum atomic E-state index is -0.402. The molecule has 6 nitrogen and oxygen atoms in total. The number of benzene rings is 1. The molecular weight excluding hydrogens is 406 g/mol. The summed E-state index contributed by atoms with van der Waals surface area (Å²) >= 11 is 4.77. The predicted molar refractivity (Wildman–Crippen MR) is 102 cm³/mol. The number of aryl methyl sites for hydroxylation is 2. The summed E-state index contributed by atoms with van der Waals surface area (Å²) in [5.41, 5.74) is 1.65. The van der Waals surface area contributed by atoms with Crippen LogP contribution in [0.25, 0.3) is 4.96 Å². The van der Waals surface area contributed by atoms with Crippen LogP contribution in [0.1, 0.15) is 28.7 Å². The quantitative estimate of drug-likeness (QED) is 0.697. The Morgan fingerprint density at radius 2 is 2.20 bits per heavy atom. The molecule has 1 aromatic carbocycles. The molecule has 130 valence electrons. The highest BCUT2D eigenvalue weighted by Gasteiger charge is 2.18. The molecule has 0 saturated heterocycles. The van der Waals surface area contributed by atoms with Crippen molar-refractivity contribution in [2.24, 2.45) is 0 Å². The lowest BCUT2D eigenvalue weighted by atomic mass is 10.2. The van der Waals surface area contributed by atoms with Gasteiger partial charge in [0.1, 0.15) is 11.4 Å². The molecule has 1 N–H and O–H groups in total. The molecule has 1 amide bonds. The van der Waals surface area contributed by atoms with Gasteiger partial charge in [0.25, 0.3) is 11.5 Å². The fourth-order valence-electron chi connectivity index (χ4n) is 2.48. The SMILES string of the molecule is CCc1csc2nc(C)c(NC(=O)c3cc(OC)ccc3Br)c(=O)n12. The molecule has 0 fully saturated rings. The normalized spacial score (nSPS) is 10.9. The average Bonchev–Trinajstić information content (AvgIpc) is 3.01. The summed E-state index contributed by atoms with van der Waals surface area (Å²) in [5, 5.41) is 4.61. The van der Waals surface area contributed by atoms with Gasteiger partial charge in [0.2, 0.25) is 0 Å². The number of carbonyl (C=O) groups is 1. The van der Waals surface area contributed by atoms with Gasteiger partial charge in [-0.1, -0.05) is 6.92 Å². The highest BCUT2D eigenvalue weighted by atomic mass is 79.9. The van der Waals surface area contributed by atoms with E-state index in [2.05, 4.69) is 26.2 Å². The maximum atomic E-state index is 12.8. The Bertz CT molecular complexity index is 1030. The number of anilines is 1. The molecule has 0 spiro atoms. The third-order valence-corrected chi connectivity index (χ3v) is 5.41. The summed E-state index contributed by atoms with van der Waals surface area (Å²) in [6.45, 7) is 3.68. The van der Waals surface area contributed by atoms with E-state index in [0.717, 1.165) is 5.69 Å². The van der Waals surface area contributed by atoms with Gasteiger partial charge in [0, 0.05) is 15.5 Å². The lowest BCUT2D eigenvalue weighted by molar-refractivity contribution is 0.102. The number of methoxy groups -OCH3 is 1. The largest absolute Gasteiger partial charge is 0.497 e. The number of hydrogen-bond acceptors (Lipinski definition) is 5. The Morgan fingerprint density at radius 1 is 1.44 bits per heavy atom. The van der Waals surface area contributed by atoms with Gasteiger partial charge in [0.05, 0.1) is 18.4 Å². The van der Waals surface area contributed by atoms with E-state index in [1.54, 1.807) is 29.5 Å². The third kappa shape index (κ3) is 3.19. The van der Waals surface area contributed by atoms with E-state index >= 15 is 0 Å². The molecule has 2 aromatic heterocycles. The van der Waals surface area contributed by atoms with Crippen molar-refractivity contribution in [3.8, 4) is 5.75 Å². The Balaban J connectivity index is 2.06. The first-order valence-electron chi connectivity index (χ1n) is 7.60. The van der Waals surface area contributed by atoms with Crippen molar-refractivity contribution in [2.75, 3.05) is 12.4 Å². The summed E-state index contributed by atoms with van der Waals surface area (Å²) in [5.74, 6) is 0.155. The Labute approximate surface area is 156 Å². The second kappa shape index (κ2) is 6.97. The van der Waals surface area contributed by atoms with Crippen molar-refractivity contribution in [1.29, 1.82) is 0 Å². The van der Waals surface area contributed by atoms with Gasteiger partial charge in [-0.2, -0.15) is 0 Å². The van der Waals surface area contributed by atoms with E-state index in [1.807, 2.05) is 12.3 Å². The molecule has 0 aliphatic carbocycles. The number of nitrogens with one attached hydrogen (secondary N) is 1. The zero-order chi connectivity index (χ0) is 18.1. The standard InChI is InChI=1S/C17H16BrN3O3S/c1-4-10-8-25-17-19-9(2)14(16(23)21(10)17)20-15(22)12-7-11(24-3)5-6-13(12)18/h5-8H,4H2,1-3H3,(H,20,22). The van der Waals surface area contributed by atoms with E-state index in [1.165, 1.54) is 18.4 Å². The summed E-state index contributed by atoms with van der Waals surface area (Å²) in [6, 6.07) is 5.08. The molecule has 0 atom stereocenters. The van der Waals surface area contributed by atoms with Crippen LogP contribution in [0, 0.1) is 6.92 Å². The summed E-state index contributed by atoms with van der Waals surface area (Å²) in [6.07, 6.45) is 0.708. The van der Waals surface area contributed by atoms with Gasteiger partial charge >= 0.3 is 0 Å². The molecule has 0 unspecified atom stereocenters. The number of fused-ring (bicyclic) bond motifs is 1. The van der Waals surface area contributed by atoms with Crippen LogP contribution in [0.15, 0.2) is 32.8 Å². The Morgan fingerprint density at radius 3 is 2.88 bits per heavy atom. The summed E-state index contributed by atoms with van der Waals surface area (Å²) in [4.78, 5) is 30.6. The molecular formula is C17H16BrN3O3S. The second-order valence-electron chi connectivity index (χ2n) is 5.38. The maximum absolute atomic E-state index is 12.8. The molecule has 0 radical (unpaired) electrons. The zero-order valence-corrected chi connectivity index (χ0v) is 16.3. The highest BCUT2D eigenvalue weighted by Crippen LogP contribution is 2.24. The molecule has 8 heteroatoms. The van der Waals surface area contributed by atoms with Crippen molar-refractivity contribution < 1.29 is 9.53 Å². The lowest BCUT2D eigenvalue weighted by Crippen LogP contribution is -2.25.